The normalized spacial score (nSPS) is 22.8. The molecular weight excluding hydrogens is 262 g/mol. The first-order chi connectivity index (χ1) is 9.16. The van der Waals surface area contributed by atoms with E-state index < -0.39 is 0 Å². The molecule has 0 aliphatic carbocycles. The second kappa shape index (κ2) is 6.68. The van der Waals surface area contributed by atoms with Crippen molar-refractivity contribution in [1.82, 2.24) is 16.0 Å². The van der Waals surface area contributed by atoms with Crippen molar-refractivity contribution in [1.29, 1.82) is 0 Å². The lowest BCUT2D eigenvalue weighted by Crippen LogP contribution is -2.53. The summed E-state index contributed by atoms with van der Waals surface area (Å²) < 4.78 is 0. The molecule has 2 heterocycles. The zero-order valence-electron chi connectivity index (χ0n) is 10.9. The molecule has 104 valence electrons. The maximum Gasteiger partial charge on any atom is 0.261 e. The molecule has 0 spiro atoms. The van der Waals surface area contributed by atoms with E-state index in [0.29, 0.717) is 4.88 Å². The number of carbonyl (C=O) groups excluding carboxylic acids is 2. The van der Waals surface area contributed by atoms with Crippen molar-refractivity contribution >= 4 is 23.2 Å². The van der Waals surface area contributed by atoms with Gasteiger partial charge in [0.15, 0.2) is 0 Å². The predicted octanol–water partition coefficient (Wildman–Crippen LogP) is 0.735. The first kappa shape index (κ1) is 14.0. The van der Waals surface area contributed by atoms with E-state index in [-0.39, 0.29) is 30.4 Å². The highest BCUT2D eigenvalue weighted by Crippen LogP contribution is 2.08. The highest BCUT2D eigenvalue weighted by atomic mass is 32.1. The number of hydrogen-bond acceptors (Lipinski definition) is 4. The fraction of sp³-hybridized carbons (Fsp3) is 0.538. The molecule has 0 radical (unpaired) electrons. The summed E-state index contributed by atoms with van der Waals surface area (Å²) in [5, 5.41) is 10.7. The van der Waals surface area contributed by atoms with Crippen LogP contribution < -0.4 is 16.0 Å². The number of carbonyl (C=O) groups is 2. The van der Waals surface area contributed by atoms with Crippen molar-refractivity contribution in [2.24, 2.45) is 0 Å². The van der Waals surface area contributed by atoms with Crippen LogP contribution in [0, 0.1) is 0 Å². The Balaban J connectivity index is 1.74. The van der Waals surface area contributed by atoms with Crippen molar-refractivity contribution in [3.05, 3.63) is 22.4 Å². The zero-order chi connectivity index (χ0) is 13.7. The van der Waals surface area contributed by atoms with Crippen molar-refractivity contribution in [3.63, 3.8) is 0 Å². The summed E-state index contributed by atoms with van der Waals surface area (Å²) in [6.45, 7) is 3.09. The Morgan fingerprint density at radius 2 is 2.37 bits per heavy atom. The first-order valence-corrected chi connectivity index (χ1v) is 7.39. The summed E-state index contributed by atoms with van der Waals surface area (Å²) >= 11 is 1.37. The maximum atomic E-state index is 11.8. The van der Waals surface area contributed by atoms with Gasteiger partial charge in [0.1, 0.15) is 0 Å². The van der Waals surface area contributed by atoms with Gasteiger partial charge in [-0.2, -0.15) is 0 Å². The molecule has 2 amide bonds. The van der Waals surface area contributed by atoms with E-state index in [1.807, 2.05) is 11.4 Å². The van der Waals surface area contributed by atoms with Gasteiger partial charge in [0.25, 0.3) is 5.91 Å². The monoisotopic (exact) mass is 281 g/mol. The second-order valence-electron chi connectivity index (χ2n) is 4.72. The molecule has 0 bridgehead atoms. The molecule has 2 rings (SSSR count). The number of nitrogens with one attached hydrogen (secondary N) is 3. The van der Waals surface area contributed by atoms with Gasteiger partial charge in [-0.25, -0.2) is 0 Å². The van der Waals surface area contributed by atoms with E-state index in [2.05, 4.69) is 22.9 Å². The minimum atomic E-state index is -0.194. The van der Waals surface area contributed by atoms with E-state index in [9.17, 15) is 9.59 Å². The van der Waals surface area contributed by atoms with Gasteiger partial charge < -0.3 is 16.0 Å². The molecular formula is C13H19N3O2S. The third kappa shape index (κ3) is 4.04. The number of hydrogen-bond donors (Lipinski definition) is 3. The third-order valence-electron chi connectivity index (χ3n) is 3.26. The van der Waals surface area contributed by atoms with Gasteiger partial charge in [0.2, 0.25) is 5.91 Å². The molecule has 1 aliphatic heterocycles. The van der Waals surface area contributed by atoms with E-state index >= 15 is 0 Å². The number of thiophene rings is 1. The average Bonchev–Trinajstić information content (AvgIpc) is 2.93. The van der Waals surface area contributed by atoms with Gasteiger partial charge in [-0.3, -0.25) is 9.59 Å². The summed E-state index contributed by atoms with van der Waals surface area (Å²) in [5.41, 5.74) is 0. The summed E-state index contributed by atoms with van der Waals surface area (Å²) in [6, 6.07) is 3.99. The first-order valence-electron chi connectivity index (χ1n) is 6.51. The zero-order valence-corrected chi connectivity index (χ0v) is 11.8. The topological polar surface area (TPSA) is 70.2 Å². The SMILES string of the molecule is CC1NCCCC1NC(=O)CNC(=O)c1cccs1. The minimum Gasteiger partial charge on any atom is -0.350 e. The van der Waals surface area contributed by atoms with Crippen LogP contribution in [0.2, 0.25) is 0 Å². The Labute approximate surface area is 116 Å². The molecule has 5 nitrogen and oxygen atoms in total. The molecule has 2 atom stereocenters. The Kier molecular flexibility index (Phi) is 4.93. The molecule has 1 aromatic rings. The molecule has 0 aromatic carbocycles. The lowest BCUT2D eigenvalue weighted by Gasteiger charge is -2.30. The van der Waals surface area contributed by atoms with Crippen LogP contribution in [0.1, 0.15) is 29.4 Å². The molecule has 1 aliphatic rings. The van der Waals surface area contributed by atoms with Crippen molar-refractivity contribution in [2.45, 2.75) is 31.8 Å². The molecule has 3 N–H and O–H groups in total. The molecule has 1 saturated heterocycles. The maximum absolute atomic E-state index is 11.8. The van der Waals surface area contributed by atoms with Crippen LogP contribution in [-0.2, 0) is 4.79 Å². The van der Waals surface area contributed by atoms with Crippen molar-refractivity contribution < 1.29 is 9.59 Å². The molecule has 19 heavy (non-hydrogen) atoms. The van der Waals surface area contributed by atoms with Crippen LogP contribution in [0.25, 0.3) is 0 Å². The van der Waals surface area contributed by atoms with Crippen LogP contribution >= 0.6 is 11.3 Å². The Morgan fingerprint density at radius 3 is 3.05 bits per heavy atom. The summed E-state index contributed by atoms with van der Waals surface area (Å²) in [7, 11) is 0. The molecule has 1 aromatic heterocycles. The van der Waals surface area contributed by atoms with Crippen molar-refractivity contribution in [3.8, 4) is 0 Å². The lowest BCUT2D eigenvalue weighted by molar-refractivity contribution is -0.121. The minimum absolute atomic E-state index is 0.0277. The van der Waals surface area contributed by atoms with Crippen LogP contribution in [0.3, 0.4) is 0 Å². The largest absolute Gasteiger partial charge is 0.350 e. The van der Waals surface area contributed by atoms with E-state index in [0.717, 1.165) is 19.4 Å². The highest BCUT2D eigenvalue weighted by molar-refractivity contribution is 7.12. The predicted molar refractivity (Wildman–Crippen MR) is 75.3 cm³/mol. The Hall–Kier alpha value is -1.40. The Bertz CT molecular complexity index is 433. The Morgan fingerprint density at radius 1 is 1.53 bits per heavy atom. The number of piperidine rings is 1. The summed E-state index contributed by atoms with van der Waals surface area (Å²) in [4.78, 5) is 24.1. The lowest BCUT2D eigenvalue weighted by atomic mass is 10.00. The fourth-order valence-electron chi connectivity index (χ4n) is 2.15. The summed E-state index contributed by atoms with van der Waals surface area (Å²) in [6.07, 6.45) is 2.05. The highest BCUT2D eigenvalue weighted by Gasteiger charge is 2.22. The van der Waals surface area contributed by atoms with E-state index in [1.165, 1.54) is 11.3 Å². The fourth-order valence-corrected chi connectivity index (χ4v) is 2.79. The standard InChI is InChI=1S/C13H19N3O2S/c1-9-10(4-2-6-14-9)16-12(17)8-15-13(18)11-5-3-7-19-11/h3,5,7,9-10,14H,2,4,6,8H2,1H3,(H,15,18)(H,16,17). The van der Waals surface area contributed by atoms with Crippen LogP contribution in [-0.4, -0.2) is 37.0 Å². The van der Waals surface area contributed by atoms with Crippen molar-refractivity contribution in [2.75, 3.05) is 13.1 Å². The van der Waals surface area contributed by atoms with Gasteiger partial charge in [-0.15, -0.1) is 11.3 Å². The van der Waals surface area contributed by atoms with E-state index in [1.54, 1.807) is 6.07 Å². The van der Waals surface area contributed by atoms with Gasteiger partial charge in [0, 0.05) is 12.1 Å². The molecule has 0 saturated carbocycles. The number of amides is 2. The smallest absolute Gasteiger partial charge is 0.261 e. The third-order valence-corrected chi connectivity index (χ3v) is 4.13. The molecule has 1 fully saturated rings. The van der Waals surface area contributed by atoms with Crippen LogP contribution in [0.5, 0.6) is 0 Å². The van der Waals surface area contributed by atoms with Gasteiger partial charge in [-0.05, 0) is 37.8 Å². The molecule has 6 heteroatoms. The van der Waals surface area contributed by atoms with Gasteiger partial charge in [-0.1, -0.05) is 6.07 Å². The second-order valence-corrected chi connectivity index (χ2v) is 5.67. The van der Waals surface area contributed by atoms with Gasteiger partial charge >= 0.3 is 0 Å². The average molecular weight is 281 g/mol. The quantitative estimate of drug-likeness (QED) is 0.762. The van der Waals surface area contributed by atoms with Gasteiger partial charge in [0.05, 0.1) is 11.4 Å². The van der Waals surface area contributed by atoms with E-state index in [4.69, 9.17) is 0 Å². The summed E-state index contributed by atoms with van der Waals surface area (Å²) in [5.74, 6) is -0.328. The number of rotatable bonds is 4. The van der Waals surface area contributed by atoms with Crippen LogP contribution in [0.15, 0.2) is 17.5 Å². The molecule has 2 unspecified atom stereocenters. The van der Waals surface area contributed by atoms with Crippen LogP contribution in [0.4, 0.5) is 0 Å².